The van der Waals surface area contributed by atoms with Crippen molar-refractivity contribution in [2.45, 2.75) is 31.7 Å². The molecule has 0 aliphatic carbocycles. The molecule has 2 saturated heterocycles. The smallest absolute Gasteiger partial charge is 0.123 e. The van der Waals surface area contributed by atoms with Crippen LogP contribution in [0.25, 0.3) is 44.7 Å². The number of pyridine rings is 1. The van der Waals surface area contributed by atoms with E-state index in [4.69, 9.17) is 9.72 Å². The number of aryl methyl sites for hydroxylation is 2. The minimum absolute atomic E-state index is 0. The van der Waals surface area contributed by atoms with Crippen LogP contribution in [0.2, 0.25) is 0 Å². The Hall–Kier alpha value is -3.85. The summed E-state index contributed by atoms with van der Waals surface area (Å²) in [6.45, 7) is 5.85. The Labute approximate surface area is 245 Å². The van der Waals surface area contributed by atoms with Gasteiger partial charge in [0.25, 0.3) is 0 Å². The lowest BCUT2D eigenvalue weighted by Crippen LogP contribution is -2.52. The topological polar surface area (TPSA) is 89.2 Å². The monoisotopic (exact) mass is 568 g/mol. The highest BCUT2D eigenvalue weighted by molar-refractivity contribution is 5.89. The number of aromatic nitrogens is 5. The normalized spacial score (nSPS) is 16.4. The minimum atomic E-state index is 0. The Morgan fingerprint density at radius 2 is 1.68 bits per heavy atom. The lowest BCUT2D eigenvalue weighted by atomic mass is 9.91. The molecular weight excluding hydrogens is 536 g/mol. The molecule has 7 rings (SSSR count). The van der Waals surface area contributed by atoms with Gasteiger partial charge in [0.2, 0.25) is 0 Å². The van der Waals surface area contributed by atoms with Crippen LogP contribution in [0.5, 0.6) is 5.75 Å². The molecule has 0 saturated carbocycles. The summed E-state index contributed by atoms with van der Waals surface area (Å²) >= 11 is 0. The van der Waals surface area contributed by atoms with Crippen molar-refractivity contribution in [1.82, 2.24) is 29.9 Å². The van der Waals surface area contributed by atoms with Gasteiger partial charge in [-0.05, 0) is 61.2 Å². The molecule has 2 fully saturated rings. The Morgan fingerprint density at radius 1 is 0.878 bits per heavy atom. The SMILES string of the molecule is Cc1cc(-c2ccc(-c3ccc(C4CN(C5CCOCC5)C4)nn3)c(-c3ccccc3O)c2)nc2cn(C)nc12.Cl. The zero-order valence-corrected chi connectivity index (χ0v) is 24.0. The van der Waals surface area contributed by atoms with E-state index in [1.165, 1.54) is 0 Å². The van der Waals surface area contributed by atoms with Crippen molar-refractivity contribution in [3.05, 3.63) is 78.1 Å². The van der Waals surface area contributed by atoms with Crippen molar-refractivity contribution < 1.29 is 9.84 Å². The number of rotatable bonds is 5. The van der Waals surface area contributed by atoms with E-state index >= 15 is 0 Å². The molecule has 2 aliphatic heterocycles. The Morgan fingerprint density at radius 3 is 2.44 bits per heavy atom. The number of nitrogens with zero attached hydrogens (tertiary/aromatic N) is 6. The first kappa shape index (κ1) is 27.3. The van der Waals surface area contributed by atoms with Crippen molar-refractivity contribution in [1.29, 1.82) is 0 Å². The summed E-state index contributed by atoms with van der Waals surface area (Å²) in [7, 11) is 1.91. The number of aromatic hydroxyl groups is 1. The van der Waals surface area contributed by atoms with Gasteiger partial charge in [-0.25, -0.2) is 4.98 Å². The van der Waals surface area contributed by atoms with E-state index in [9.17, 15) is 5.11 Å². The fourth-order valence-corrected chi connectivity index (χ4v) is 6.03. The molecule has 8 nitrogen and oxygen atoms in total. The Balaban J connectivity index is 0.00000302. The second kappa shape index (κ2) is 11.2. The second-order valence-electron chi connectivity index (χ2n) is 11.0. The van der Waals surface area contributed by atoms with E-state index in [2.05, 4.69) is 63.5 Å². The van der Waals surface area contributed by atoms with Gasteiger partial charge in [0.15, 0.2) is 0 Å². The van der Waals surface area contributed by atoms with E-state index in [1.807, 2.05) is 31.4 Å². The van der Waals surface area contributed by atoms with E-state index in [-0.39, 0.29) is 18.2 Å². The van der Waals surface area contributed by atoms with E-state index < -0.39 is 0 Å². The van der Waals surface area contributed by atoms with Crippen LogP contribution in [0.4, 0.5) is 0 Å². The van der Waals surface area contributed by atoms with Gasteiger partial charge >= 0.3 is 0 Å². The largest absolute Gasteiger partial charge is 0.507 e. The average Bonchev–Trinajstić information content (AvgIpc) is 3.34. The second-order valence-corrected chi connectivity index (χ2v) is 11.0. The summed E-state index contributed by atoms with van der Waals surface area (Å²) in [5, 5.41) is 24.7. The number of phenolic OH excluding ortho intramolecular Hbond substituents is 1. The van der Waals surface area contributed by atoms with Crippen LogP contribution in [0.15, 0.2) is 66.9 Å². The van der Waals surface area contributed by atoms with E-state index in [1.54, 1.807) is 10.7 Å². The number of hydrogen-bond acceptors (Lipinski definition) is 7. The summed E-state index contributed by atoms with van der Waals surface area (Å²) in [5.41, 5.74) is 9.03. The molecule has 9 heteroatoms. The lowest BCUT2D eigenvalue weighted by Gasteiger charge is -2.45. The molecular formula is C32H33ClN6O2. The third-order valence-corrected chi connectivity index (χ3v) is 8.28. The maximum atomic E-state index is 10.8. The zero-order valence-electron chi connectivity index (χ0n) is 23.2. The number of para-hydroxylation sites is 1. The van der Waals surface area contributed by atoms with Crippen molar-refractivity contribution in [3.8, 4) is 39.4 Å². The first-order chi connectivity index (χ1) is 19.5. The Bertz CT molecular complexity index is 1690. The molecule has 210 valence electrons. The fraction of sp³-hybridized carbons (Fsp3) is 0.312. The van der Waals surface area contributed by atoms with Gasteiger partial charge in [-0.3, -0.25) is 9.58 Å². The summed E-state index contributed by atoms with van der Waals surface area (Å²) in [6.07, 6.45) is 4.17. The highest BCUT2D eigenvalue weighted by Gasteiger charge is 2.35. The van der Waals surface area contributed by atoms with Gasteiger partial charge in [-0.2, -0.15) is 15.3 Å². The molecule has 5 heterocycles. The van der Waals surface area contributed by atoms with Crippen LogP contribution in [0.3, 0.4) is 0 Å². The van der Waals surface area contributed by atoms with Crippen LogP contribution >= 0.6 is 12.4 Å². The van der Waals surface area contributed by atoms with E-state index in [0.29, 0.717) is 12.0 Å². The van der Waals surface area contributed by atoms with Gasteiger partial charge in [-0.1, -0.05) is 30.3 Å². The molecule has 0 bridgehead atoms. The van der Waals surface area contributed by atoms with Gasteiger partial charge < -0.3 is 9.84 Å². The highest BCUT2D eigenvalue weighted by Crippen LogP contribution is 2.39. The number of halogens is 1. The predicted octanol–water partition coefficient (Wildman–Crippen LogP) is 5.77. The number of likely N-dealkylation sites (tertiary alicyclic amines) is 1. The summed E-state index contributed by atoms with van der Waals surface area (Å²) in [5.74, 6) is 0.640. The number of hydrogen-bond donors (Lipinski definition) is 1. The third-order valence-electron chi connectivity index (χ3n) is 8.28. The molecule has 0 radical (unpaired) electrons. The maximum Gasteiger partial charge on any atom is 0.123 e. The number of benzene rings is 2. The molecule has 3 aromatic heterocycles. The van der Waals surface area contributed by atoms with Crippen molar-refractivity contribution in [3.63, 3.8) is 0 Å². The van der Waals surface area contributed by atoms with Crippen molar-refractivity contribution in [2.24, 2.45) is 7.05 Å². The number of phenols is 1. The molecule has 2 aromatic carbocycles. The summed E-state index contributed by atoms with van der Waals surface area (Å²) < 4.78 is 7.31. The van der Waals surface area contributed by atoms with Crippen molar-refractivity contribution >= 4 is 23.4 Å². The zero-order chi connectivity index (χ0) is 27.2. The van der Waals surface area contributed by atoms with Crippen LogP contribution in [-0.4, -0.2) is 67.3 Å². The Kier molecular flexibility index (Phi) is 7.46. The van der Waals surface area contributed by atoms with Gasteiger partial charge in [0.05, 0.1) is 23.3 Å². The molecule has 0 amide bonds. The van der Waals surface area contributed by atoms with Crippen LogP contribution < -0.4 is 0 Å². The summed E-state index contributed by atoms with van der Waals surface area (Å²) in [6, 6.07) is 20.5. The molecule has 41 heavy (non-hydrogen) atoms. The van der Waals surface area contributed by atoms with Crippen LogP contribution in [-0.2, 0) is 11.8 Å². The van der Waals surface area contributed by atoms with Crippen LogP contribution in [0.1, 0.15) is 30.0 Å². The predicted molar refractivity (Wildman–Crippen MR) is 162 cm³/mol. The average molecular weight is 569 g/mol. The molecule has 2 aliphatic rings. The highest BCUT2D eigenvalue weighted by atomic mass is 35.5. The fourth-order valence-electron chi connectivity index (χ4n) is 6.03. The first-order valence-electron chi connectivity index (χ1n) is 13.9. The third kappa shape index (κ3) is 5.19. The summed E-state index contributed by atoms with van der Waals surface area (Å²) in [4.78, 5) is 7.44. The molecule has 1 N–H and O–H groups in total. The molecule has 0 atom stereocenters. The van der Waals surface area contributed by atoms with Crippen LogP contribution in [0, 0.1) is 6.92 Å². The number of ether oxygens (including phenoxy) is 1. The first-order valence-corrected chi connectivity index (χ1v) is 13.9. The molecule has 0 spiro atoms. The van der Waals surface area contributed by atoms with Gasteiger partial charge in [-0.15, -0.1) is 12.4 Å². The maximum absolute atomic E-state index is 10.8. The van der Waals surface area contributed by atoms with Gasteiger partial charge in [0, 0.05) is 62.0 Å². The standard InChI is InChI=1S/C32H32N6O2.ClH/c1-20-15-29(33-30-19-37(2)36-32(20)30)21-7-8-24(26(16-21)25-5-3-4-6-31(25)39)28-10-9-27(34-35-28)22-17-38(18-22)23-11-13-40-14-12-23;/h3-10,15-16,19,22-23,39H,11-14,17-18H2,1-2H3;1H. The number of fused-ring (bicyclic) bond motifs is 1. The lowest BCUT2D eigenvalue weighted by molar-refractivity contribution is 0.000892. The van der Waals surface area contributed by atoms with E-state index in [0.717, 1.165) is 95.1 Å². The minimum Gasteiger partial charge on any atom is -0.507 e. The van der Waals surface area contributed by atoms with Gasteiger partial charge in [0.1, 0.15) is 16.8 Å². The quantitative estimate of drug-likeness (QED) is 0.288. The molecule has 0 unspecified atom stereocenters. The molecule has 5 aromatic rings. The van der Waals surface area contributed by atoms with Crippen molar-refractivity contribution in [2.75, 3.05) is 26.3 Å².